The lowest BCUT2D eigenvalue weighted by Gasteiger charge is -2.33. The Hall–Kier alpha value is -0.770. The van der Waals surface area contributed by atoms with Gasteiger partial charge in [-0.15, -0.1) is 0 Å². The van der Waals surface area contributed by atoms with E-state index in [1.54, 1.807) is 4.90 Å². The van der Waals surface area contributed by atoms with Crippen LogP contribution in [-0.2, 0) is 4.74 Å². The van der Waals surface area contributed by atoms with Gasteiger partial charge in [0.15, 0.2) is 0 Å². The van der Waals surface area contributed by atoms with Crippen LogP contribution < -0.4 is 0 Å². The van der Waals surface area contributed by atoms with Crippen molar-refractivity contribution in [2.45, 2.75) is 52.3 Å². The molecule has 0 aromatic carbocycles. The van der Waals surface area contributed by atoms with Crippen LogP contribution in [0.2, 0.25) is 0 Å². The number of nitrogens with zero attached hydrogens (tertiary/aromatic N) is 2. The number of carbonyl (C=O) groups excluding carboxylic acids is 1. The Morgan fingerprint density at radius 2 is 2.12 bits per heavy atom. The molecule has 1 aliphatic heterocycles. The minimum atomic E-state index is -0.416. The van der Waals surface area contributed by atoms with Gasteiger partial charge in [0, 0.05) is 13.6 Å². The van der Waals surface area contributed by atoms with E-state index in [0.29, 0.717) is 0 Å². The van der Waals surface area contributed by atoms with E-state index in [-0.39, 0.29) is 12.3 Å². The molecule has 0 aliphatic carbocycles. The average molecular weight is 228 g/mol. The number of ether oxygens (including phenoxy) is 1. The molecule has 1 rings (SSSR count). The Morgan fingerprint density at radius 1 is 1.50 bits per heavy atom. The third kappa shape index (κ3) is 3.37. The second-order valence-corrected chi connectivity index (χ2v) is 5.34. The summed E-state index contributed by atoms with van der Waals surface area (Å²) in [5.41, 5.74) is -0.416. The summed E-state index contributed by atoms with van der Waals surface area (Å²) in [6.45, 7) is 9.87. The van der Waals surface area contributed by atoms with Crippen molar-refractivity contribution in [2.24, 2.45) is 0 Å². The van der Waals surface area contributed by atoms with E-state index >= 15 is 0 Å². The Balaban J connectivity index is 2.56. The molecule has 0 aromatic heterocycles. The molecule has 0 aromatic rings. The maximum Gasteiger partial charge on any atom is 0.411 e. The lowest BCUT2D eigenvalue weighted by molar-refractivity contribution is 0.00610. The lowest BCUT2D eigenvalue weighted by Crippen LogP contribution is -2.47. The maximum absolute atomic E-state index is 11.9. The van der Waals surface area contributed by atoms with E-state index in [2.05, 4.69) is 11.8 Å². The SMILES string of the molecule is CCN1CCCC1N(C)C(=O)OC(C)(C)C. The molecule has 1 heterocycles. The Morgan fingerprint density at radius 3 is 2.62 bits per heavy atom. The van der Waals surface area contributed by atoms with Gasteiger partial charge in [0.1, 0.15) is 5.60 Å². The molecule has 0 saturated carbocycles. The maximum atomic E-state index is 11.9. The molecule has 0 radical (unpaired) electrons. The van der Waals surface area contributed by atoms with Gasteiger partial charge in [-0.1, -0.05) is 6.92 Å². The van der Waals surface area contributed by atoms with Crippen molar-refractivity contribution in [1.29, 1.82) is 0 Å². The van der Waals surface area contributed by atoms with Crippen molar-refractivity contribution in [3.63, 3.8) is 0 Å². The zero-order valence-electron chi connectivity index (χ0n) is 11.1. The molecule has 0 spiro atoms. The highest BCUT2D eigenvalue weighted by Crippen LogP contribution is 2.21. The fourth-order valence-electron chi connectivity index (χ4n) is 2.07. The molecule has 0 N–H and O–H groups in total. The summed E-state index contributed by atoms with van der Waals surface area (Å²) in [6, 6.07) is 0. The summed E-state index contributed by atoms with van der Waals surface area (Å²) in [4.78, 5) is 15.9. The first-order chi connectivity index (χ1) is 7.35. The molecule has 4 heteroatoms. The van der Waals surface area contributed by atoms with Gasteiger partial charge < -0.3 is 4.74 Å². The van der Waals surface area contributed by atoms with Gasteiger partial charge in [0.05, 0.1) is 6.17 Å². The molecule has 94 valence electrons. The van der Waals surface area contributed by atoms with E-state index in [9.17, 15) is 4.79 Å². The number of hydrogen-bond acceptors (Lipinski definition) is 3. The first-order valence-electron chi connectivity index (χ1n) is 6.05. The van der Waals surface area contributed by atoms with Crippen LogP contribution in [0.1, 0.15) is 40.5 Å². The minimum absolute atomic E-state index is 0.208. The van der Waals surface area contributed by atoms with E-state index in [1.165, 1.54) is 0 Å². The van der Waals surface area contributed by atoms with Crippen molar-refractivity contribution >= 4 is 6.09 Å². The van der Waals surface area contributed by atoms with Crippen molar-refractivity contribution < 1.29 is 9.53 Å². The highest BCUT2D eigenvalue weighted by molar-refractivity contribution is 5.68. The number of amides is 1. The summed E-state index contributed by atoms with van der Waals surface area (Å²) in [5.74, 6) is 0. The molecule has 0 bridgehead atoms. The quantitative estimate of drug-likeness (QED) is 0.727. The monoisotopic (exact) mass is 228 g/mol. The lowest BCUT2D eigenvalue weighted by atomic mass is 10.2. The molecule has 1 atom stereocenters. The van der Waals surface area contributed by atoms with Gasteiger partial charge >= 0.3 is 6.09 Å². The number of carbonyl (C=O) groups is 1. The van der Waals surface area contributed by atoms with Crippen LogP contribution in [0.5, 0.6) is 0 Å². The molecular weight excluding hydrogens is 204 g/mol. The zero-order valence-corrected chi connectivity index (χ0v) is 11.1. The molecule has 1 unspecified atom stereocenters. The topological polar surface area (TPSA) is 32.8 Å². The van der Waals surface area contributed by atoms with E-state index in [4.69, 9.17) is 4.74 Å². The van der Waals surface area contributed by atoms with Crippen molar-refractivity contribution in [2.75, 3.05) is 20.1 Å². The van der Waals surface area contributed by atoms with E-state index in [1.807, 2.05) is 27.8 Å². The van der Waals surface area contributed by atoms with E-state index < -0.39 is 5.60 Å². The fraction of sp³-hybridized carbons (Fsp3) is 0.917. The summed E-state index contributed by atoms with van der Waals surface area (Å²) in [5, 5.41) is 0. The van der Waals surface area contributed by atoms with Crippen LogP contribution >= 0.6 is 0 Å². The first-order valence-corrected chi connectivity index (χ1v) is 6.05. The van der Waals surface area contributed by atoms with Crippen molar-refractivity contribution in [3.8, 4) is 0 Å². The fourth-order valence-corrected chi connectivity index (χ4v) is 2.07. The average Bonchev–Trinajstić information content (AvgIpc) is 2.61. The van der Waals surface area contributed by atoms with Crippen molar-refractivity contribution in [1.82, 2.24) is 9.80 Å². The molecule has 1 fully saturated rings. The van der Waals surface area contributed by atoms with Crippen LogP contribution in [0.3, 0.4) is 0 Å². The number of likely N-dealkylation sites (tertiary alicyclic amines) is 1. The summed E-state index contributed by atoms with van der Waals surface area (Å²) < 4.78 is 5.37. The largest absolute Gasteiger partial charge is 0.444 e. The molecule has 1 saturated heterocycles. The Bertz CT molecular complexity index is 248. The summed E-state index contributed by atoms with van der Waals surface area (Å²) in [6.07, 6.45) is 2.19. The molecule has 16 heavy (non-hydrogen) atoms. The zero-order chi connectivity index (χ0) is 12.3. The predicted octanol–water partition coefficient (Wildman–Crippen LogP) is 2.30. The van der Waals surface area contributed by atoms with Crippen LogP contribution in [0.4, 0.5) is 4.79 Å². The molecule has 1 aliphatic rings. The predicted molar refractivity (Wildman–Crippen MR) is 64.3 cm³/mol. The van der Waals surface area contributed by atoms with E-state index in [0.717, 1.165) is 25.9 Å². The standard InChI is InChI=1S/C12H24N2O2/c1-6-14-9-7-8-10(14)13(5)11(15)16-12(2,3)4/h10H,6-9H2,1-5H3. The third-order valence-corrected chi connectivity index (χ3v) is 2.86. The first kappa shape index (κ1) is 13.3. The second kappa shape index (κ2) is 5.04. The summed E-state index contributed by atoms with van der Waals surface area (Å²) in [7, 11) is 1.83. The molecule has 4 nitrogen and oxygen atoms in total. The van der Waals surface area contributed by atoms with Gasteiger partial charge in [0.2, 0.25) is 0 Å². The minimum Gasteiger partial charge on any atom is -0.444 e. The Labute approximate surface area is 98.5 Å². The highest BCUT2D eigenvalue weighted by Gasteiger charge is 2.31. The highest BCUT2D eigenvalue weighted by atomic mass is 16.6. The van der Waals surface area contributed by atoms with Gasteiger partial charge in [-0.3, -0.25) is 9.80 Å². The number of rotatable bonds is 2. The molecule has 1 amide bonds. The van der Waals surface area contributed by atoms with Gasteiger partial charge in [-0.2, -0.15) is 0 Å². The van der Waals surface area contributed by atoms with Crippen LogP contribution in [0, 0.1) is 0 Å². The van der Waals surface area contributed by atoms with Crippen LogP contribution in [0.25, 0.3) is 0 Å². The van der Waals surface area contributed by atoms with Crippen LogP contribution in [0.15, 0.2) is 0 Å². The van der Waals surface area contributed by atoms with Crippen molar-refractivity contribution in [3.05, 3.63) is 0 Å². The second-order valence-electron chi connectivity index (χ2n) is 5.34. The smallest absolute Gasteiger partial charge is 0.411 e. The molecular formula is C12H24N2O2. The normalized spacial score (nSPS) is 22.2. The third-order valence-electron chi connectivity index (χ3n) is 2.86. The Kier molecular flexibility index (Phi) is 4.19. The van der Waals surface area contributed by atoms with Crippen LogP contribution in [-0.4, -0.2) is 47.8 Å². The van der Waals surface area contributed by atoms with Gasteiger partial charge in [0.25, 0.3) is 0 Å². The van der Waals surface area contributed by atoms with Gasteiger partial charge in [-0.05, 0) is 40.2 Å². The van der Waals surface area contributed by atoms with Gasteiger partial charge in [-0.25, -0.2) is 4.79 Å². The summed E-state index contributed by atoms with van der Waals surface area (Å²) >= 11 is 0. The number of hydrogen-bond donors (Lipinski definition) is 0.